The number of hydrogen-bond donors (Lipinski definition) is 2. The van der Waals surface area contributed by atoms with Crippen molar-refractivity contribution < 1.29 is 5.11 Å². The fourth-order valence-electron chi connectivity index (χ4n) is 3.75. The molecule has 106 valence electrons. The molecule has 0 aromatic heterocycles. The summed E-state index contributed by atoms with van der Waals surface area (Å²) in [6, 6.07) is 5.36. The van der Waals surface area contributed by atoms with Crippen LogP contribution >= 0.6 is 0 Å². The van der Waals surface area contributed by atoms with Crippen LogP contribution in [0, 0.1) is 26.7 Å². The molecule has 0 bridgehead atoms. The lowest BCUT2D eigenvalue weighted by atomic mass is 9.93. The van der Waals surface area contributed by atoms with Gasteiger partial charge in [-0.3, -0.25) is 0 Å². The number of benzene rings is 1. The van der Waals surface area contributed by atoms with E-state index in [9.17, 15) is 5.11 Å². The quantitative estimate of drug-likeness (QED) is 0.870. The first-order valence-corrected chi connectivity index (χ1v) is 7.47. The van der Waals surface area contributed by atoms with Gasteiger partial charge in [-0.1, -0.05) is 24.1 Å². The molecule has 1 fully saturated rings. The third kappa shape index (κ3) is 3.18. The summed E-state index contributed by atoms with van der Waals surface area (Å²) < 4.78 is 0. The third-order valence-electron chi connectivity index (χ3n) is 4.53. The summed E-state index contributed by atoms with van der Waals surface area (Å²) in [6.45, 7) is 9.12. The van der Waals surface area contributed by atoms with Crippen molar-refractivity contribution in [2.24, 2.45) is 5.92 Å². The van der Waals surface area contributed by atoms with Crippen LogP contribution in [0.2, 0.25) is 0 Å². The monoisotopic (exact) mass is 261 g/mol. The Morgan fingerprint density at radius 2 is 1.84 bits per heavy atom. The fourth-order valence-corrected chi connectivity index (χ4v) is 3.75. The van der Waals surface area contributed by atoms with E-state index in [1.165, 1.54) is 35.1 Å². The van der Waals surface area contributed by atoms with E-state index in [1.54, 1.807) is 0 Å². The van der Waals surface area contributed by atoms with Crippen molar-refractivity contribution in [3.8, 4) is 0 Å². The highest BCUT2D eigenvalue weighted by molar-refractivity contribution is 5.39. The highest BCUT2D eigenvalue weighted by Crippen LogP contribution is 2.29. The molecule has 1 aromatic carbocycles. The predicted molar refractivity (Wildman–Crippen MR) is 80.4 cm³/mol. The zero-order valence-corrected chi connectivity index (χ0v) is 12.7. The van der Waals surface area contributed by atoms with Gasteiger partial charge in [0.15, 0.2) is 0 Å². The van der Waals surface area contributed by atoms with Crippen molar-refractivity contribution in [2.75, 3.05) is 6.61 Å². The molecule has 2 nitrogen and oxygen atoms in total. The smallest absolute Gasteiger partial charge is 0.0474 e. The van der Waals surface area contributed by atoms with Gasteiger partial charge in [-0.15, -0.1) is 0 Å². The van der Waals surface area contributed by atoms with Gasteiger partial charge in [0.05, 0.1) is 0 Å². The molecule has 2 rings (SSSR count). The minimum absolute atomic E-state index is 0.316. The second kappa shape index (κ2) is 6.06. The first-order valence-electron chi connectivity index (χ1n) is 7.47. The van der Waals surface area contributed by atoms with Crippen molar-refractivity contribution in [1.29, 1.82) is 0 Å². The Labute approximate surface area is 117 Å². The lowest BCUT2D eigenvalue weighted by Crippen LogP contribution is -2.36. The van der Waals surface area contributed by atoms with E-state index < -0.39 is 0 Å². The summed E-state index contributed by atoms with van der Waals surface area (Å²) in [5, 5.41) is 13.2. The topological polar surface area (TPSA) is 32.3 Å². The van der Waals surface area contributed by atoms with Crippen molar-refractivity contribution in [2.45, 2.75) is 59.0 Å². The molecule has 3 atom stereocenters. The van der Waals surface area contributed by atoms with Crippen molar-refractivity contribution in [1.82, 2.24) is 5.32 Å². The lowest BCUT2D eigenvalue weighted by Gasteiger charge is -2.26. The molecule has 1 aromatic rings. The molecule has 0 heterocycles. The van der Waals surface area contributed by atoms with Crippen LogP contribution in [0.4, 0.5) is 0 Å². The molecule has 3 unspecified atom stereocenters. The molecule has 2 heteroatoms. The molecule has 0 amide bonds. The summed E-state index contributed by atoms with van der Waals surface area (Å²) in [4.78, 5) is 0. The molecule has 1 aliphatic rings. The van der Waals surface area contributed by atoms with E-state index in [2.05, 4.69) is 45.1 Å². The zero-order valence-electron chi connectivity index (χ0n) is 12.7. The van der Waals surface area contributed by atoms with Gasteiger partial charge < -0.3 is 10.4 Å². The van der Waals surface area contributed by atoms with Crippen LogP contribution in [-0.4, -0.2) is 17.8 Å². The first kappa shape index (κ1) is 14.5. The fraction of sp³-hybridized carbons (Fsp3) is 0.647. The number of aryl methyl sites for hydroxylation is 3. The molecule has 1 saturated carbocycles. The summed E-state index contributed by atoms with van der Waals surface area (Å²) >= 11 is 0. The average molecular weight is 261 g/mol. The number of rotatable bonds is 4. The van der Waals surface area contributed by atoms with Crippen molar-refractivity contribution in [3.63, 3.8) is 0 Å². The van der Waals surface area contributed by atoms with E-state index in [4.69, 9.17) is 0 Å². The van der Waals surface area contributed by atoms with Crippen molar-refractivity contribution in [3.05, 3.63) is 34.4 Å². The van der Waals surface area contributed by atoms with Crippen LogP contribution in [0.1, 0.15) is 54.5 Å². The minimum Gasteiger partial charge on any atom is -0.396 e. The Morgan fingerprint density at radius 1 is 1.21 bits per heavy atom. The van der Waals surface area contributed by atoms with Gasteiger partial charge in [-0.05, 0) is 63.1 Å². The van der Waals surface area contributed by atoms with E-state index >= 15 is 0 Å². The molecule has 0 saturated heterocycles. The maximum absolute atomic E-state index is 9.43. The Hall–Kier alpha value is -0.860. The second-order valence-electron chi connectivity index (χ2n) is 6.18. The molecule has 19 heavy (non-hydrogen) atoms. The first-order chi connectivity index (χ1) is 9.02. The SMILES string of the molecule is Cc1cc(C)c(C(C)NC2CCCC2CO)c(C)c1. The Balaban J connectivity index is 2.14. The van der Waals surface area contributed by atoms with Gasteiger partial charge in [-0.25, -0.2) is 0 Å². The highest BCUT2D eigenvalue weighted by atomic mass is 16.3. The predicted octanol–water partition coefficient (Wildman–Crippen LogP) is 3.42. The van der Waals surface area contributed by atoms with E-state index in [-0.39, 0.29) is 0 Å². The number of hydrogen-bond acceptors (Lipinski definition) is 2. The summed E-state index contributed by atoms with van der Waals surface area (Å²) in [5.41, 5.74) is 5.50. The van der Waals surface area contributed by atoms with Gasteiger partial charge in [-0.2, -0.15) is 0 Å². The maximum Gasteiger partial charge on any atom is 0.0474 e. The summed E-state index contributed by atoms with van der Waals surface area (Å²) in [5.74, 6) is 0.438. The Bertz CT molecular complexity index is 418. The van der Waals surface area contributed by atoms with Crippen LogP contribution in [-0.2, 0) is 0 Å². The molecule has 0 radical (unpaired) electrons. The van der Waals surface area contributed by atoms with Crippen LogP contribution in [0.15, 0.2) is 12.1 Å². The molecule has 2 N–H and O–H groups in total. The normalized spacial score (nSPS) is 24.7. The van der Waals surface area contributed by atoms with Gasteiger partial charge in [0.1, 0.15) is 0 Å². The largest absolute Gasteiger partial charge is 0.396 e. The Kier molecular flexibility index (Phi) is 4.64. The molecule has 0 aliphatic heterocycles. The van der Waals surface area contributed by atoms with E-state index in [0.29, 0.717) is 24.6 Å². The van der Waals surface area contributed by atoms with E-state index in [1.807, 2.05) is 0 Å². The summed E-state index contributed by atoms with van der Waals surface area (Å²) in [7, 11) is 0. The standard InChI is InChI=1S/C17H27NO/c1-11-8-12(2)17(13(3)9-11)14(4)18-16-7-5-6-15(16)10-19/h8-9,14-16,18-19H,5-7,10H2,1-4H3. The van der Waals surface area contributed by atoms with Crippen LogP contribution in [0.25, 0.3) is 0 Å². The second-order valence-corrected chi connectivity index (χ2v) is 6.18. The number of aliphatic hydroxyl groups excluding tert-OH is 1. The molecular formula is C17H27NO. The van der Waals surface area contributed by atoms with Gasteiger partial charge in [0.2, 0.25) is 0 Å². The van der Waals surface area contributed by atoms with Crippen LogP contribution in [0.5, 0.6) is 0 Å². The minimum atomic E-state index is 0.316. The van der Waals surface area contributed by atoms with Gasteiger partial charge >= 0.3 is 0 Å². The third-order valence-corrected chi connectivity index (χ3v) is 4.53. The number of nitrogens with one attached hydrogen (secondary N) is 1. The van der Waals surface area contributed by atoms with E-state index in [0.717, 1.165) is 6.42 Å². The zero-order chi connectivity index (χ0) is 14.0. The molecule has 0 spiro atoms. The van der Waals surface area contributed by atoms with Crippen LogP contribution < -0.4 is 5.32 Å². The van der Waals surface area contributed by atoms with Gasteiger partial charge in [0.25, 0.3) is 0 Å². The van der Waals surface area contributed by atoms with Gasteiger partial charge in [0, 0.05) is 18.7 Å². The molecule has 1 aliphatic carbocycles. The summed E-state index contributed by atoms with van der Waals surface area (Å²) in [6.07, 6.45) is 3.59. The Morgan fingerprint density at radius 3 is 2.42 bits per heavy atom. The highest BCUT2D eigenvalue weighted by Gasteiger charge is 2.28. The molecular weight excluding hydrogens is 234 g/mol. The van der Waals surface area contributed by atoms with Crippen molar-refractivity contribution >= 4 is 0 Å². The lowest BCUT2D eigenvalue weighted by molar-refractivity contribution is 0.200. The number of aliphatic hydroxyl groups is 1. The van der Waals surface area contributed by atoms with Crippen LogP contribution in [0.3, 0.4) is 0 Å². The maximum atomic E-state index is 9.43. The average Bonchev–Trinajstić information content (AvgIpc) is 2.74.